The summed E-state index contributed by atoms with van der Waals surface area (Å²) in [6.45, 7) is 16.5. The average molecular weight is 942 g/mol. The van der Waals surface area contributed by atoms with E-state index in [0.29, 0.717) is 47.3 Å². The number of pyridine rings is 1. The Labute approximate surface area is 396 Å². The first-order chi connectivity index (χ1) is 31.2. The summed E-state index contributed by atoms with van der Waals surface area (Å²) >= 11 is 7.80. The first-order valence-electron chi connectivity index (χ1n) is 22.2. The number of benzene rings is 2. The van der Waals surface area contributed by atoms with Crippen molar-refractivity contribution in [2.45, 2.75) is 112 Å². The molecule has 0 radical (unpaired) electrons. The highest BCUT2D eigenvalue weighted by atomic mass is 35.5. The molecule has 2 aromatic carbocycles. The zero-order valence-corrected chi connectivity index (χ0v) is 40.4. The van der Waals surface area contributed by atoms with E-state index in [-0.39, 0.29) is 50.1 Å². The summed E-state index contributed by atoms with van der Waals surface area (Å²) < 4.78 is 12.0. The number of aryl methyl sites for hydroxylation is 1. The Kier molecular flexibility index (Phi) is 15.8. The molecule has 0 spiro atoms. The number of β-amino-alcohol motifs (C(OH)–C–C–N with tert-alkyl or cyclic N) is 1. The molecule has 0 unspecified atom stereocenters. The van der Waals surface area contributed by atoms with E-state index in [1.807, 2.05) is 85.2 Å². The fourth-order valence-electron chi connectivity index (χ4n) is 9.14. The van der Waals surface area contributed by atoms with Gasteiger partial charge in [-0.3, -0.25) is 19.2 Å². The summed E-state index contributed by atoms with van der Waals surface area (Å²) in [5.74, 6) is -0.335. The van der Waals surface area contributed by atoms with Crippen LogP contribution in [0.1, 0.15) is 94.9 Å². The lowest BCUT2D eigenvalue weighted by Gasteiger charge is -2.63. The molecule has 0 bridgehead atoms. The molecular formula is C49H61ClN8O7S. The Bertz CT molecular complexity index is 2400. The largest absolute Gasteiger partial charge is 0.489 e. The predicted molar refractivity (Wildman–Crippen MR) is 254 cm³/mol. The number of hydrogen-bond donors (Lipinski definition) is 5. The van der Waals surface area contributed by atoms with E-state index in [0.717, 1.165) is 28.1 Å². The number of rotatable bonds is 18. The summed E-state index contributed by atoms with van der Waals surface area (Å²) in [6.07, 6.45) is 1.90. The molecule has 66 heavy (non-hydrogen) atoms. The van der Waals surface area contributed by atoms with E-state index >= 15 is 0 Å². The van der Waals surface area contributed by atoms with E-state index in [9.17, 15) is 29.5 Å². The van der Waals surface area contributed by atoms with Crippen molar-refractivity contribution in [2.24, 2.45) is 16.2 Å². The molecule has 4 amide bonds. The Morgan fingerprint density at radius 1 is 1.03 bits per heavy atom. The lowest BCUT2D eigenvalue weighted by Crippen LogP contribution is -2.74. The van der Waals surface area contributed by atoms with Crippen LogP contribution in [0.15, 0.2) is 66.3 Å². The van der Waals surface area contributed by atoms with Gasteiger partial charge >= 0.3 is 0 Å². The van der Waals surface area contributed by atoms with Gasteiger partial charge < -0.3 is 40.7 Å². The lowest BCUT2D eigenvalue weighted by molar-refractivity contribution is -0.164. The highest BCUT2D eigenvalue weighted by Crippen LogP contribution is 2.55. The number of likely N-dealkylation sites (tertiary alicyclic amines) is 1. The number of aliphatic hydroxyl groups is 1. The van der Waals surface area contributed by atoms with Gasteiger partial charge in [-0.1, -0.05) is 84.3 Å². The van der Waals surface area contributed by atoms with Crippen molar-refractivity contribution in [3.8, 4) is 22.3 Å². The van der Waals surface area contributed by atoms with Crippen molar-refractivity contribution < 1.29 is 33.8 Å². The summed E-state index contributed by atoms with van der Waals surface area (Å²) in [7, 11) is 0. The second-order valence-corrected chi connectivity index (χ2v) is 20.6. The summed E-state index contributed by atoms with van der Waals surface area (Å²) in [6, 6.07) is 16.3. The van der Waals surface area contributed by atoms with E-state index < -0.39 is 46.2 Å². The third-order valence-corrected chi connectivity index (χ3v) is 13.7. The van der Waals surface area contributed by atoms with Gasteiger partial charge in [0.05, 0.1) is 38.3 Å². The van der Waals surface area contributed by atoms with Crippen LogP contribution in [0.2, 0.25) is 5.02 Å². The molecule has 2 fully saturated rings. The SMILES string of the molecule is Cc1ncsc1-c1ccc(CNC(=O)[C@@H]2C[C@@H](O)CN2C(=O)[C@@H](NC(=O)COCCCCNc2ccc(C(=O)NC3C(C)(C)C(Oc4ccc(C#N)c(Cl)c4)C3(C)C)cn2)C(C)(C)C)cc1. The van der Waals surface area contributed by atoms with Gasteiger partial charge in [-0.25, -0.2) is 9.97 Å². The van der Waals surface area contributed by atoms with Crippen molar-refractivity contribution in [1.82, 2.24) is 30.8 Å². The molecular weight excluding hydrogens is 880 g/mol. The standard InChI is InChI=1S/C49H61ClN8O7S/c1-29-40(66-28-55-29)31-13-11-30(12-14-31)24-54-43(62)37-21-34(59)26-58(37)44(63)41(47(2,3)4)56-39(60)27-64-20-10-9-19-52-38-18-16-33(25-53-38)42(61)57-45-48(5,6)46(49(45,7)8)65-35-17-15-32(23-51)36(50)22-35/h11-18,22,25,28,34,37,41,45-46,59H,9-10,19-21,24,26-27H2,1-8H3,(H,52,53)(H,54,62)(H,56,60)(H,57,61)/t34-,37+,41-,45?,46?/m1/s1. The summed E-state index contributed by atoms with van der Waals surface area (Å²) in [5, 5.41) is 32.3. The molecule has 1 aliphatic carbocycles. The lowest BCUT2D eigenvalue weighted by atomic mass is 9.49. The molecule has 352 valence electrons. The minimum absolute atomic E-state index is 0.0175. The van der Waals surface area contributed by atoms with E-state index in [4.69, 9.17) is 21.1 Å². The van der Waals surface area contributed by atoms with Crippen LogP contribution in [0, 0.1) is 34.5 Å². The maximum atomic E-state index is 14.0. The second-order valence-electron chi connectivity index (χ2n) is 19.4. The van der Waals surface area contributed by atoms with E-state index in [2.05, 4.69) is 37.3 Å². The molecule has 15 nitrogen and oxygen atoms in total. The van der Waals surface area contributed by atoms with Crippen LogP contribution in [-0.2, 0) is 25.7 Å². The van der Waals surface area contributed by atoms with Crippen molar-refractivity contribution in [3.05, 3.63) is 93.7 Å². The number of unbranched alkanes of at least 4 members (excludes halogenated alkanes) is 1. The van der Waals surface area contributed by atoms with Gasteiger partial charge in [0.25, 0.3) is 5.91 Å². The van der Waals surface area contributed by atoms with Gasteiger partial charge in [0, 0.05) is 61.8 Å². The number of carbonyl (C=O) groups excluding carboxylic acids is 4. The highest BCUT2D eigenvalue weighted by Gasteiger charge is 2.64. The van der Waals surface area contributed by atoms with Crippen molar-refractivity contribution >= 4 is 52.4 Å². The van der Waals surface area contributed by atoms with Gasteiger partial charge in [0.15, 0.2) is 0 Å². The fourth-order valence-corrected chi connectivity index (χ4v) is 10.2. The first-order valence-corrected chi connectivity index (χ1v) is 23.5. The van der Waals surface area contributed by atoms with Crippen LogP contribution in [-0.4, -0.2) is 100 Å². The molecule has 3 heterocycles. The number of halogens is 1. The normalized spacial score (nSPS) is 20.0. The highest BCUT2D eigenvalue weighted by molar-refractivity contribution is 7.13. The van der Waals surface area contributed by atoms with Gasteiger partial charge in [0.2, 0.25) is 17.7 Å². The number of anilines is 1. The third-order valence-electron chi connectivity index (χ3n) is 12.4. The Balaban J connectivity index is 0.896. The van der Waals surface area contributed by atoms with Crippen molar-refractivity contribution in [1.29, 1.82) is 5.26 Å². The van der Waals surface area contributed by atoms with Crippen molar-refractivity contribution in [3.63, 3.8) is 0 Å². The molecule has 4 aromatic rings. The molecule has 5 N–H and O–H groups in total. The number of hydrogen-bond acceptors (Lipinski definition) is 12. The molecule has 2 aromatic heterocycles. The minimum Gasteiger partial charge on any atom is -0.489 e. The first kappa shape index (κ1) is 49.8. The topological polar surface area (TPSA) is 208 Å². The number of aliphatic hydroxyl groups excluding tert-OH is 1. The summed E-state index contributed by atoms with van der Waals surface area (Å²) in [4.78, 5) is 65.0. The zero-order chi connectivity index (χ0) is 48.0. The predicted octanol–water partition coefficient (Wildman–Crippen LogP) is 6.67. The maximum absolute atomic E-state index is 14.0. The van der Waals surface area contributed by atoms with Gasteiger partial charge in [-0.2, -0.15) is 5.26 Å². The number of thiazole rings is 1. The van der Waals surface area contributed by atoms with Crippen LogP contribution in [0.5, 0.6) is 5.75 Å². The minimum atomic E-state index is -0.962. The number of nitrogens with zero attached hydrogens (tertiary/aromatic N) is 4. The number of nitrogens with one attached hydrogen (secondary N) is 4. The molecule has 1 saturated heterocycles. The summed E-state index contributed by atoms with van der Waals surface area (Å²) in [5.41, 5.74) is 4.00. The van der Waals surface area contributed by atoms with Crippen molar-refractivity contribution in [2.75, 3.05) is 31.6 Å². The number of nitriles is 1. The van der Waals surface area contributed by atoms with Crippen LogP contribution in [0.4, 0.5) is 5.82 Å². The third kappa shape index (κ3) is 11.7. The molecule has 1 saturated carbocycles. The number of aromatic nitrogens is 2. The van der Waals surface area contributed by atoms with Gasteiger partial charge in [-0.05, 0) is 60.6 Å². The maximum Gasteiger partial charge on any atom is 0.253 e. The quantitative estimate of drug-likeness (QED) is 0.0666. The van der Waals surface area contributed by atoms with Crippen LogP contribution in [0.3, 0.4) is 0 Å². The smallest absolute Gasteiger partial charge is 0.253 e. The van der Waals surface area contributed by atoms with E-state index in [1.54, 1.807) is 41.7 Å². The second kappa shape index (κ2) is 20.9. The fraction of sp³-hybridized carbons (Fsp3) is 0.490. The molecule has 3 atom stereocenters. The van der Waals surface area contributed by atoms with E-state index in [1.165, 1.54) is 11.1 Å². The van der Waals surface area contributed by atoms with Crippen LogP contribution < -0.4 is 26.0 Å². The Morgan fingerprint density at radius 2 is 1.76 bits per heavy atom. The number of carbonyl (C=O) groups is 4. The Morgan fingerprint density at radius 3 is 2.38 bits per heavy atom. The molecule has 1 aliphatic heterocycles. The molecule has 17 heteroatoms. The molecule has 2 aliphatic rings. The number of amides is 4. The zero-order valence-electron chi connectivity index (χ0n) is 38.9. The average Bonchev–Trinajstić information content (AvgIpc) is 3.89. The van der Waals surface area contributed by atoms with Crippen LogP contribution >= 0.6 is 22.9 Å². The molecule has 6 rings (SSSR count). The van der Waals surface area contributed by atoms with Crippen LogP contribution in [0.25, 0.3) is 10.4 Å². The Hall–Kier alpha value is -5.60. The van der Waals surface area contributed by atoms with Gasteiger partial charge in [-0.15, -0.1) is 11.3 Å². The van der Waals surface area contributed by atoms with Gasteiger partial charge in [0.1, 0.15) is 42.4 Å². The monoisotopic (exact) mass is 940 g/mol. The number of ether oxygens (including phenoxy) is 2.